The van der Waals surface area contributed by atoms with E-state index in [-0.39, 0.29) is 22.8 Å². The predicted molar refractivity (Wildman–Crippen MR) is 103 cm³/mol. The Kier molecular flexibility index (Phi) is 5.35. The maximum atomic E-state index is 12.6. The number of methoxy groups -OCH3 is 2. The molecule has 0 fully saturated rings. The van der Waals surface area contributed by atoms with E-state index in [0.29, 0.717) is 11.3 Å². The molecule has 0 radical (unpaired) electrons. The molecular formula is C21H19NO6. The van der Waals surface area contributed by atoms with Gasteiger partial charge in [0, 0.05) is 18.3 Å². The summed E-state index contributed by atoms with van der Waals surface area (Å²) in [4.78, 5) is 26.7. The number of hydrogen-bond donors (Lipinski definition) is 1. The van der Waals surface area contributed by atoms with E-state index < -0.39 is 11.9 Å². The number of benzene rings is 2. The monoisotopic (exact) mass is 381 g/mol. The maximum Gasteiger partial charge on any atom is 0.344 e. The second kappa shape index (κ2) is 7.87. The first-order valence-electron chi connectivity index (χ1n) is 8.39. The van der Waals surface area contributed by atoms with Crippen LogP contribution in [0.25, 0.3) is 6.08 Å². The fraction of sp³-hybridized carbons (Fsp3) is 0.143. The first kappa shape index (κ1) is 19.0. The number of ether oxygens (including phenoxy) is 3. The van der Waals surface area contributed by atoms with Crippen LogP contribution in [0, 0.1) is 0 Å². The number of phenols is 1. The number of fused-ring (bicyclic) bond motifs is 1. The highest BCUT2D eigenvalue weighted by Gasteiger charge is 2.33. The van der Waals surface area contributed by atoms with Gasteiger partial charge in [-0.3, -0.25) is 0 Å². The summed E-state index contributed by atoms with van der Waals surface area (Å²) in [6.45, 7) is 0. The molecule has 0 spiro atoms. The van der Waals surface area contributed by atoms with Crippen LogP contribution in [-0.4, -0.2) is 38.3 Å². The summed E-state index contributed by atoms with van der Waals surface area (Å²) in [6, 6.07) is 13.6. The fourth-order valence-electron chi connectivity index (χ4n) is 2.81. The van der Waals surface area contributed by atoms with E-state index in [9.17, 15) is 14.7 Å². The molecule has 7 heteroatoms. The summed E-state index contributed by atoms with van der Waals surface area (Å²) in [5.41, 5.74) is 1.01. The summed E-state index contributed by atoms with van der Waals surface area (Å²) in [7, 11) is 4.13. The molecule has 1 aliphatic heterocycles. The van der Waals surface area contributed by atoms with Gasteiger partial charge in [0.05, 0.1) is 19.8 Å². The number of esters is 2. The number of rotatable bonds is 4. The third-order valence-electron chi connectivity index (χ3n) is 4.23. The Hall–Kier alpha value is -3.74. The molecule has 3 rings (SSSR count). The molecule has 1 aliphatic rings. The molecule has 0 saturated heterocycles. The Labute approximate surface area is 162 Å². The lowest BCUT2D eigenvalue weighted by Crippen LogP contribution is -2.27. The molecule has 1 heterocycles. The number of para-hydroxylation sites is 1. The highest BCUT2D eigenvalue weighted by Crippen LogP contribution is 2.36. The third-order valence-corrected chi connectivity index (χ3v) is 4.23. The first-order chi connectivity index (χ1) is 13.5. The molecule has 2 aromatic carbocycles. The van der Waals surface area contributed by atoms with Gasteiger partial charge in [0.25, 0.3) is 0 Å². The third kappa shape index (κ3) is 3.55. The van der Waals surface area contributed by atoms with Crippen LogP contribution >= 0.6 is 0 Å². The average Bonchev–Trinajstić information content (AvgIpc) is 2.89. The second-order valence-corrected chi connectivity index (χ2v) is 5.94. The molecule has 0 saturated carbocycles. The van der Waals surface area contributed by atoms with Crippen LogP contribution in [0.1, 0.15) is 5.56 Å². The molecular weight excluding hydrogens is 362 g/mol. The zero-order valence-electron chi connectivity index (χ0n) is 15.6. The van der Waals surface area contributed by atoms with Gasteiger partial charge in [-0.2, -0.15) is 0 Å². The lowest BCUT2D eigenvalue weighted by atomic mass is 10.0. The highest BCUT2D eigenvalue weighted by molar-refractivity contribution is 6.11. The van der Waals surface area contributed by atoms with E-state index in [0.717, 1.165) is 5.69 Å². The summed E-state index contributed by atoms with van der Waals surface area (Å²) in [6.07, 6.45) is 1.43. The SMILES string of the molecule is COC(=O)C1=Cc2cc(O)ccc2OC(N(C)c2ccccc2)=C1C(=O)OC. The topological polar surface area (TPSA) is 85.3 Å². The Morgan fingerprint density at radius 2 is 1.68 bits per heavy atom. The van der Waals surface area contributed by atoms with Crippen LogP contribution in [0.5, 0.6) is 11.5 Å². The van der Waals surface area contributed by atoms with Gasteiger partial charge in [-0.25, -0.2) is 9.59 Å². The smallest absolute Gasteiger partial charge is 0.344 e. The fourth-order valence-corrected chi connectivity index (χ4v) is 2.81. The molecule has 0 aliphatic carbocycles. The number of carbonyl (C=O) groups excluding carboxylic acids is 2. The minimum atomic E-state index is -0.758. The van der Waals surface area contributed by atoms with Crippen molar-refractivity contribution in [2.45, 2.75) is 0 Å². The molecule has 0 aromatic heterocycles. The van der Waals surface area contributed by atoms with Crippen LogP contribution < -0.4 is 9.64 Å². The van der Waals surface area contributed by atoms with Crippen LogP contribution in [0.4, 0.5) is 5.69 Å². The summed E-state index contributed by atoms with van der Waals surface area (Å²) in [5, 5.41) is 9.82. The Balaban J connectivity index is 2.28. The van der Waals surface area contributed by atoms with Gasteiger partial charge in [0.1, 0.15) is 17.1 Å². The first-order valence-corrected chi connectivity index (χ1v) is 8.39. The van der Waals surface area contributed by atoms with Crippen LogP contribution in [-0.2, 0) is 19.1 Å². The number of phenolic OH excluding ortho intramolecular Hbond substituents is 1. The van der Waals surface area contributed by atoms with Crippen molar-refractivity contribution in [2.75, 3.05) is 26.2 Å². The molecule has 144 valence electrons. The van der Waals surface area contributed by atoms with E-state index in [1.54, 1.807) is 18.0 Å². The number of aromatic hydroxyl groups is 1. The lowest BCUT2D eigenvalue weighted by molar-refractivity contribution is -0.139. The molecule has 28 heavy (non-hydrogen) atoms. The molecule has 2 aromatic rings. The second-order valence-electron chi connectivity index (χ2n) is 5.94. The summed E-state index contributed by atoms with van der Waals surface area (Å²) >= 11 is 0. The van der Waals surface area contributed by atoms with Gasteiger partial charge in [0.15, 0.2) is 0 Å². The lowest BCUT2D eigenvalue weighted by Gasteiger charge is -2.24. The van der Waals surface area contributed by atoms with Gasteiger partial charge < -0.3 is 24.2 Å². The van der Waals surface area contributed by atoms with Gasteiger partial charge >= 0.3 is 11.9 Å². The molecule has 1 N–H and O–H groups in total. The van der Waals surface area contributed by atoms with E-state index >= 15 is 0 Å². The van der Waals surface area contributed by atoms with Gasteiger partial charge in [0.2, 0.25) is 5.88 Å². The molecule has 0 amide bonds. The van der Waals surface area contributed by atoms with Crippen molar-refractivity contribution in [3.8, 4) is 11.5 Å². The largest absolute Gasteiger partial charge is 0.508 e. The van der Waals surface area contributed by atoms with Crippen molar-refractivity contribution in [2.24, 2.45) is 0 Å². The van der Waals surface area contributed by atoms with Crippen molar-refractivity contribution in [1.82, 2.24) is 0 Å². The maximum absolute atomic E-state index is 12.6. The van der Waals surface area contributed by atoms with E-state index in [1.165, 1.54) is 32.4 Å². The van der Waals surface area contributed by atoms with Crippen LogP contribution in [0.15, 0.2) is 65.6 Å². The predicted octanol–water partition coefficient (Wildman–Crippen LogP) is 2.86. The van der Waals surface area contributed by atoms with Gasteiger partial charge in [-0.05, 0) is 36.4 Å². The van der Waals surface area contributed by atoms with Crippen molar-refractivity contribution >= 4 is 23.7 Å². The number of nitrogens with zero attached hydrogens (tertiary/aromatic N) is 1. The molecule has 7 nitrogen and oxygen atoms in total. The number of carbonyl (C=O) groups is 2. The number of anilines is 1. The van der Waals surface area contributed by atoms with Crippen molar-refractivity contribution in [3.63, 3.8) is 0 Å². The zero-order valence-corrected chi connectivity index (χ0v) is 15.6. The van der Waals surface area contributed by atoms with Gasteiger partial charge in [-0.15, -0.1) is 0 Å². The molecule has 0 unspecified atom stereocenters. The standard InChI is InChI=1S/C21H19NO6/c1-22(14-7-5-4-6-8-14)19-18(21(25)27-3)16(20(24)26-2)12-13-11-15(23)9-10-17(13)28-19/h4-12,23H,1-3H3. The highest BCUT2D eigenvalue weighted by atomic mass is 16.5. The zero-order chi connectivity index (χ0) is 20.3. The Morgan fingerprint density at radius 3 is 2.32 bits per heavy atom. The minimum absolute atomic E-state index is 0.0118. The van der Waals surface area contributed by atoms with E-state index in [4.69, 9.17) is 14.2 Å². The van der Waals surface area contributed by atoms with Crippen molar-refractivity contribution < 1.29 is 28.9 Å². The van der Waals surface area contributed by atoms with Crippen molar-refractivity contribution in [3.05, 3.63) is 71.1 Å². The van der Waals surface area contributed by atoms with Gasteiger partial charge in [-0.1, -0.05) is 18.2 Å². The minimum Gasteiger partial charge on any atom is -0.508 e. The molecule has 0 bridgehead atoms. The summed E-state index contributed by atoms with van der Waals surface area (Å²) < 4.78 is 15.8. The van der Waals surface area contributed by atoms with E-state index in [1.807, 2.05) is 30.3 Å². The number of hydrogen-bond acceptors (Lipinski definition) is 7. The average molecular weight is 381 g/mol. The van der Waals surface area contributed by atoms with E-state index in [2.05, 4.69) is 0 Å². The Bertz CT molecular complexity index is 978. The normalized spacial score (nSPS) is 12.9. The van der Waals surface area contributed by atoms with Crippen LogP contribution in [0.2, 0.25) is 0 Å². The Morgan fingerprint density at radius 1 is 1.00 bits per heavy atom. The summed E-state index contributed by atoms with van der Waals surface area (Å²) in [5.74, 6) is -1.05. The van der Waals surface area contributed by atoms with Crippen molar-refractivity contribution in [1.29, 1.82) is 0 Å². The van der Waals surface area contributed by atoms with Crippen LogP contribution in [0.3, 0.4) is 0 Å². The quantitative estimate of drug-likeness (QED) is 0.815. The molecule has 0 atom stereocenters.